The molecule has 1 fully saturated rings. The molecule has 0 amide bonds. The minimum atomic E-state index is -3.68. The Morgan fingerprint density at radius 3 is 2.47 bits per heavy atom. The summed E-state index contributed by atoms with van der Waals surface area (Å²) in [5.74, 6) is 0. The zero-order valence-corrected chi connectivity index (χ0v) is 12.4. The minimum absolute atomic E-state index is 0.0632. The first kappa shape index (κ1) is 14.9. The lowest BCUT2D eigenvalue weighted by Gasteiger charge is -2.06. The largest absolute Gasteiger partial charge is 0.277 e. The summed E-state index contributed by atoms with van der Waals surface area (Å²) in [6.07, 6.45) is 2.18. The molecule has 0 atom stereocenters. The molecule has 1 aromatic rings. The Morgan fingerprint density at radius 1 is 1.26 bits per heavy atom. The van der Waals surface area contributed by atoms with Crippen LogP contribution < -0.4 is 14.6 Å². The van der Waals surface area contributed by atoms with Crippen molar-refractivity contribution < 1.29 is 16.8 Å². The van der Waals surface area contributed by atoms with E-state index in [0.29, 0.717) is 6.42 Å². The average molecular weight is 325 g/mol. The van der Waals surface area contributed by atoms with Crippen LogP contribution in [0.25, 0.3) is 0 Å². The second kappa shape index (κ2) is 5.46. The molecule has 1 saturated carbocycles. The Bertz CT molecular complexity index is 646. The molecule has 4 N–H and O–H groups in total. The maximum absolute atomic E-state index is 11.5. The fourth-order valence-electron chi connectivity index (χ4n) is 1.42. The quantitative estimate of drug-likeness (QED) is 0.627. The van der Waals surface area contributed by atoms with E-state index < -0.39 is 20.2 Å². The van der Waals surface area contributed by atoms with E-state index in [-0.39, 0.29) is 16.8 Å². The molecule has 2 rings (SSSR count). The molecular formula is C9H15N3O4S3. The summed E-state index contributed by atoms with van der Waals surface area (Å²) in [7, 11) is -7.12. The first-order valence-corrected chi connectivity index (χ1v) is 9.49. The molecule has 0 radical (unpaired) electrons. The maximum Gasteiger partial charge on any atom is 0.277 e. The summed E-state index contributed by atoms with van der Waals surface area (Å²) < 4.78 is 50.1. The average Bonchev–Trinajstić information content (AvgIpc) is 2.92. The van der Waals surface area contributed by atoms with E-state index in [9.17, 15) is 16.8 Å². The van der Waals surface area contributed by atoms with Gasteiger partial charge in [0.25, 0.3) is 10.2 Å². The molecule has 1 aromatic heterocycles. The van der Waals surface area contributed by atoms with Gasteiger partial charge in [0.2, 0.25) is 10.0 Å². The highest BCUT2D eigenvalue weighted by atomic mass is 32.2. The SMILES string of the molecule is NS(=O)(=O)c1ccc(CCNS(=O)(=O)NC2CC2)s1. The van der Waals surface area contributed by atoms with Gasteiger partial charge in [-0.05, 0) is 31.4 Å². The standard InChI is InChI=1S/C9H15N3O4S3/c10-18(13,14)9-4-3-8(17-9)5-6-11-19(15,16)12-7-1-2-7/h3-4,7,11-12H,1-2,5-6H2,(H2,10,13,14). The van der Waals surface area contributed by atoms with Crippen molar-refractivity contribution in [2.75, 3.05) is 6.54 Å². The Hall–Kier alpha value is -0.520. The summed E-state index contributed by atoms with van der Waals surface area (Å²) in [5, 5.41) is 4.99. The third kappa shape index (κ3) is 4.82. The lowest BCUT2D eigenvalue weighted by Crippen LogP contribution is -2.38. The second-order valence-electron chi connectivity index (χ2n) is 4.31. The molecule has 1 heterocycles. The van der Waals surface area contributed by atoms with E-state index in [4.69, 9.17) is 5.14 Å². The minimum Gasteiger partial charge on any atom is -0.224 e. The summed E-state index contributed by atoms with van der Waals surface area (Å²) in [6.45, 7) is 0.215. The van der Waals surface area contributed by atoms with Crippen molar-refractivity contribution in [2.24, 2.45) is 5.14 Å². The van der Waals surface area contributed by atoms with Crippen molar-refractivity contribution in [3.05, 3.63) is 17.0 Å². The normalized spacial score (nSPS) is 16.7. The number of nitrogens with one attached hydrogen (secondary N) is 2. The van der Waals surface area contributed by atoms with Gasteiger partial charge in [-0.3, -0.25) is 0 Å². The molecule has 7 nitrogen and oxygen atoms in total. The van der Waals surface area contributed by atoms with Gasteiger partial charge in [0.05, 0.1) is 0 Å². The van der Waals surface area contributed by atoms with Crippen LogP contribution in [0.2, 0.25) is 0 Å². The Morgan fingerprint density at radius 2 is 1.95 bits per heavy atom. The van der Waals surface area contributed by atoms with Gasteiger partial charge in [-0.2, -0.15) is 13.1 Å². The zero-order valence-electron chi connectivity index (χ0n) is 10.00. The lowest BCUT2D eigenvalue weighted by molar-refractivity contribution is 0.566. The van der Waals surface area contributed by atoms with E-state index in [1.54, 1.807) is 6.07 Å². The molecule has 0 saturated heterocycles. The van der Waals surface area contributed by atoms with Gasteiger partial charge in [0.1, 0.15) is 4.21 Å². The highest BCUT2D eigenvalue weighted by Crippen LogP contribution is 2.21. The predicted octanol–water partition coefficient (Wildman–Crippen LogP) is -0.476. The van der Waals surface area contributed by atoms with Gasteiger partial charge < -0.3 is 0 Å². The number of primary sulfonamides is 1. The van der Waals surface area contributed by atoms with Crippen molar-refractivity contribution in [3.63, 3.8) is 0 Å². The Labute approximate surface area is 116 Å². The monoisotopic (exact) mass is 325 g/mol. The predicted molar refractivity (Wildman–Crippen MR) is 72.5 cm³/mol. The third-order valence-electron chi connectivity index (χ3n) is 2.48. The van der Waals surface area contributed by atoms with Crippen LogP contribution in [0, 0.1) is 0 Å². The van der Waals surface area contributed by atoms with Crippen molar-refractivity contribution in [1.82, 2.24) is 9.44 Å². The van der Waals surface area contributed by atoms with Crippen LogP contribution in [0.3, 0.4) is 0 Å². The molecular weight excluding hydrogens is 310 g/mol. The number of sulfonamides is 1. The summed E-state index contributed by atoms with van der Waals surface area (Å²) in [6, 6.07) is 3.12. The van der Waals surface area contributed by atoms with Crippen molar-refractivity contribution in [2.45, 2.75) is 29.5 Å². The van der Waals surface area contributed by atoms with Crippen LogP contribution in [-0.4, -0.2) is 29.4 Å². The van der Waals surface area contributed by atoms with Gasteiger partial charge in [0.15, 0.2) is 0 Å². The molecule has 10 heteroatoms. The van der Waals surface area contributed by atoms with Crippen LogP contribution in [0.4, 0.5) is 0 Å². The summed E-state index contributed by atoms with van der Waals surface area (Å²) >= 11 is 1.05. The molecule has 0 spiro atoms. The third-order valence-corrected chi connectivity index (χ3v) is 6.29. The van der Waals surface area contributed by atoms with Crippen LogP contribution in [0.15, 0.2) is 16.3 Å². The lowest BCUT2D eigenvalue weighted by atomic mass is 10.3. The van der Waals surface area contributed by atoms with Gasteiger partial charge in [-0.15, -0.1) is 11.3 Å². The smallest absolute Gasteiger partial charge is 0.224 e. The molecule has 108 valence electrons. The first-order valence-electron chi connectivity index (χ1n) is 5.65. The van der Waals surface area contributed by atoms with Gasteiger partial charge in [-0.25, -0.2) is 18.3 Å². The number of nitrogens with two attached hydrogens (primary N) is 1. The van der Waals surface area contributed by atoms with Gasteiger partial charge in [0, 0.05) is 17.5 Å². The van der Waals surface area contributed by atoms with Gasteiger partial charge in [-0.1, -0.05) is 0 Å². The highest BCUT2D eigenvalue weighted by Gasteiger charge is 2.26. The van der Waals surface area contributed by atoms with Crippen LogP contribution in [-0.2, 0) is 26.7 Å². The maximum atomic E-state index is 11.5. The number of hydrogen-bond acceptors (Lipinski definition) is 5. The van der Waals surface area contributed by atoms with E-state index in [1.165, 1.54) is 6.07 Å². The van der Waals surface area contributed by atoms with Crippen LogP contribution >= 0.6 is 11.3 Å². The molecule has 0 unspecified atom stereocenters. The molecule has 19 heavy (non-hydrogen) atoms. The van der Waals surface area contributed by atoms with Crippen molar-refractivity contribution >= 4 is 31.6 Å². The Balaban J connectivity index is 1.84. The molecule has 1 aliphatic carbocycles. The number of rotatable bonds is 7. The Kier molecular flexibility index (Phi) is 4.28. The van der Waals surface area contributed by atoms with E-state index in [0.717, 1.165) is 29.1 Å². The number of hydrogen-bond donors (Lipinski definition) is 3. The van der Waals surface area contributed by atoms with Gasteiger partial charge >= 0.3 is 0 Å². The molecule has 0 aromatic carbocycles. The van der Waals surface area contributed by atoms with E-state index in [2.05, 4.69) is 9.44 Å². The molecule has 0 bridgehead atoms. The van der Waals surface area contributed by atoms with Crippen LogP contribution in [0.5, 0.6) is 0 Å². The van der Waals surface area contributed by atoms with Crippen molar-refractivity contribution in [1.29, 1.82) is 0 Å². The molecule has 1 aliphatic rings. The van der Waals surface area contributed by atoms with Crippen LogP contribution in [0.1, 0.15) is 17.7 Å². The summed E-state index contributed by atoms with van der Waals surface area (Å²) in [5.41, 5.74) is 0. The zero-order chi connectivity index (χ0) is 14.1. The van der Waals surface area contributed by atoms with Crippen molar-refractivity contribution in [3.8, 4) is 0 Å². The first-order chi connectivity index (χ1) is 8.76. The summed E-state index contributed by atoms with van der Waals surface area (Å²) in [4.78, 5) is 0.762. The topological polar surface area (TPSA) is 118 Å². The number of thiophene rings is 1. The van der Waals surface area contributed by atoms with E-state index in [1.807, 2.05) is 0 Å². The molecule has 0 aliphatic heterocycles. The van der Waals surface area contributed by atoms with E-state index >= 15 is 0 Å². The fraction of sp³-hybridized carbons (Fsp3) is 0.556. The second-order valence-corrected chi connectivity index (χ2v) is 8.79. The fourth-order valence-corrected chi connectivity index (χ4v) is 4.32. The highest BCUT2D eigenvalue weighted by molar-refractivity contribution is 7.91.